The number of rotatable bonds is 14. The third kappa shape index (κ3) is 9.56. The van der Waals surface area contributed by atoms with Crippen LogP contribution in [0.2, 0.25) is 0 Å². The molecule has 6 atom stereocenters. The number of hydrogen-bond acceptors (Lipinski definition) is 14. The van der Waals surface area contributed by atoms with Crippen molar-refractivity contribution in [2.45, 2.75) is 89.8 Å². The number of anilines is 3. The van der Waals surface area contributed by atoms with Gasteiger partial charge in [0, 0.05) is 48.6 Å². The number of nitrogens with one attached hydrogen (secondary N) is 3. The molecule has 6 N–H and O–H groups in total. The van der Waals surface area contributed by atoms with Gasteiger partial charge >= 0.3 is 5.97 Å². The van der Waals surface area contributed by atoms with Crippen LogP contribution in [-0.2, 0) is 24.8 Å². The summed E-state index contributed by atoms with van der Waals surface area (Å²) in [6.07, 6.45) is 4.17. The van der Waals surface area contributed by atoms with Gasteiger partial charge in [-0.25, -0.2) is 14.8 Å². The highest BCUT2D eigenvalue weighted by molar-refractivity contribution is 7.22. The van der Waals surface area contributed by atoms with Crippen molar-refractivity contribution in [2.24, 2.45) is 18.4 Å². The molecule has 384 valence electrons. The number of amides is 2. The van der Waals surface area contributed by atoms with Crippen LogP contribution in [0.4, 0.5) is 16.6 Å². The molecule has 11 rings (SSSR count). The third-order valence-corrected chi connectivity index (χ3v) is 16.9. The number of carbonyl (C=O) groups excluding carboxylic acids is 2. The molecule has 0 bridgehead atoms. The maximum atomic E-state index is 13.6. The molecule has 4 aromatic carbocycles. The molecule has 1 spiro atoms. The summed E-state index contributed by atoms with van der Waals surface area (Å²) < 4.78 is 14.9. The molecule has 18 heteroatoms. The molecule has 3 aromatic heterocycles. The third-order valence-electron chi connectivity index (χ3n) is 15.9. The summed E-state index contributed by atoms with van der Waals surface area (Å²) in [5, 5.41) is 46.1. The van der Waals surface area contributed by atoms with E-state index in [2.05, 4.69) is 32.8 Å². The van der Waals surface area contributed by atoms with Crippen molar-refractivity contribution in [1.82, 2.24) is 30.0 Å². The second-order valence-corrected chi connectivity index (χ2v) is 21.5. The van der Waals surface area contributed by atoms with Crippen LogP contribution in [0.1, 0.15) is 94.6 Å². The molecule has 1 aliphatic carbocycles. The molecule has 0 radical (unpaired) electrons. The molecule has 4 aliphatic rings. The first-order valence-corrected chi connectivity index (χ1v) is 26.3. The van der Waals surface area contributed by atoms with Crippen molar-refractivity contribution in [2.75, 3.05) is 48.9 Å². The summed E-state index contributed by atoms with van der Waals surface area (Å²) >= 11 is 1.43. The zero-order valence-electron chi connectivity index (χ0n) is 41.9. The minimum absolute atomic E-state index is 0.0393. The number of thiazole rings is 1. The van der Waals surface area contributed by atoms with E-state index in [1.54, 1.807) is 11.8 Å². The van der Waals surface area contributed by atoms with Crippen LogP contribution < -0.4 is 30.3 Å². The smallest absolute Gasteiger partial charge is 0.355 e. The van der Waals surface area contributed by atoms with E-state index in [0.717, 1.165) is 81.4 Å². The van der Waals surface area contributed by atoms with Crippen molar-refractivity contribution < 1.29 is 39.2 Å². The topological polar surface area (TPSA) is 217 Å². The summed E-state index contributed by atoms with van der Waals surface area (Å²) in [6.45, 7) is 6.84. The lowest BCUT2D eigenvalue weighted by molar-refractivity contribution is -0.118. The van der Waals surface area contributed by atoms with Gasteiger partial charge in [0.1, 0.15) is 29.5 Å². The summed E-state index contributed by atoms with van der Waals surface area (Å²) in [5.41, 5.74) is 7.72. The Kier molecular flexibility index (Phi) is 13.3. The summed E-state index contributed by atoms with van der Waals surface area (Å²) in [4.78, 5) is 53.6. The highest BCUT2D eigenvalue weighted by atomic mass is 32.1. The maximum Gasteiger partial charge on any atom is 0.355 e. The molecule has 6 heterocycles. The molecule has 7 aromatic rings. The monoisotopic (exact) mass is 1020 g/mol. The molecule has 1 saturated carbocycles. The Labute approximate surface area is 432 Å². The highest BCUT2D eigenvalue weighted by Gasteiger charge is 2.55. The standard InChI is InChI=1S/C56H61N9O8S/c1-31-26-35(12-13-36(31)37-15-18-45(59-49(37)54(70)71)65-23-20-33-8-7-9-38(41(33)29-65)52(68)61-55-58-42-10-5-6-11-44(42)74-55)73-25-21-34-28-56(34)22-24-64(32(2)27-56)30-47(67)57-43-17-14-39-48(40-16-19-46(66)60-53(40)69)62-63(3)50(39)51(43)72-4/h5-15,17-18,26,32,34,40,46,53,60,66,69H,16,19-25,27-30H2,1-4H3,(H,57,67)(H,70,71)(H,58,61,68)/t32-,34?,40?,46?,53?,56-/m1/s1. The Morgan fingerprint density at radius 2 is 1.78 bits per heavy atom. The largest absolute Gasteiger partial charge is 0.494 e. The number of ether oxygens (including phenoxy) is 2. The van der Waals surface area contributed by atoms with Gasteiger partial charge in [-0.15, -0.1) is 0 Å². The molecule has 3 fully saturated rings. The van der Waals surface area contributed by atoms with Crippen molar-refractivity contribution in [1.29, 1.82) is 0 Å². The number of aliphatic hydroxyl groups is 2. The number of methoxy groups -OCH3 is 1. The zero-order chi connectivity index (χ0) is 51.4. The number of para-hydroxylation sites is 1. The molecule has 17 nitrogen and oxygen atoms in total. The average molecular weight is 1020 g/mol. The summed E-state index contributed by atoms with van der Waals surface area (Å²) in [5.74, 6) is 0.537. The summed E-state index contributed by atoms with van der Waals surface area (Å²) in [6, 6.07) is 26.9. The van der Waals surface area contributed by atoms with Gasteiger partial charge < -0.3 is 35.0 Å². The average Bonchev–Trinajstić information content (AvgIpc) is 3.68. The number of carbonyl (C=O) groups is 3. The SMILES string of the molecule is COc1c(NC(=O)CN2CC[C@]3(CC3CCOc3ccc(-c4ccc(N5CCc6cccc(C(=O)Nc7nc8ccccc8s7)c6C5)nc4C(=O)O)c(C)c3)C[C@H]2C)ccc2c(C3CCC(O)NC3O)nn(C)c12. The Morgan fingerprint density at radius 3 is 2.57 bits per heavy atom. The number of aromatic nitrogens is 4. The van der Waals surface area contributed by atoms with Crippen LogP contribution >= 0.6 is 11.3 Å². The maximum absolute atomic E-state index is 13.6. The van der Waals surface area contributed by atoms with Crippen LogP contribution in [0.5, 0.6) is 11.5 Å². The number of carboxylic acids is 1. The fraction of sp³-hybridized carbons (Fsp3) is 0.393. The van der Waals surface area contributed by atoms with E-state index >= 15 is 0 Å². The normalized spacial score (nSPS) is 22.7. The van der Waals surface area contributed by atoms with Crippen LogP contribution in [0.15, 0.2) is 84.9 Å². The number of benzene rings is 4. The van der Waals surface area contributed by atoms with Crippen LogP contribution in [-0.4, -0.2) is 110 Å². The Bertz CT molecular complexity index is 3290. The molecule has 2 amide bonds. The van der Waals surface area contributed by atoms with Crippen molar-refractivity contribution >= 4 is 66.9 Å². The summed E-state index contributed by atoms with van der Waals surface area (Å²) in [7, 11) is 3.39. The van der Waals surface area contributed by atoms with Gasteiger partial charge in [0.25, 0.3) is 5.91 Å². The van der Waals surface area contributed by atoms with E-state index in [9.17, 15) is 29.7 Å². The van der Waals surface area contributed by atoms with Crippen molar-refractivity contribution in [3.05, 3.63) is 119 Å². The van der Waals surface area contributed by atoms with Crippen molar-refractivity contribution in [3.63, 3.8) is 0 Å². The van der Waals surface area contributed by atoms with E-state index in [-0.39, 0.29) is 41.4 Å². The van der Waals surface area contributed by atoms with Crippen molar-refractivity contribution in [3.8, 4) is 22.6 Å². The van der Waals surface area contributed by atoms with Gasteiger partial charge in [-0.2, -0.15) is 5.10 Å². The first-order chi connectivity index (χ1) is 35.7. The lowest BCUT2D eigenvalue weighted by Crippen LogP contribution is -2.46. The molecule has 3 aliphatic heterocycles. The van der Waals surface area contributed by atoms with E-state index in [0.29, 0.717) is 84.1 Å². The van der Waals surface area contributed by atoms with Crippen LogP contribution in [0.3, 0.4) is 0 Å². The van der Waals surface area contributed by atoms with E-state index in [4.69, 9.17) is 19.6 Å². The molecule has 74 heavy (non-hydrogen) atoms. The van der Waals surface area contributed by atoms with Crippen LogP contribution in [0, 0.1) is 18.3 Å². The number of nitrogens with zero attached hydrogens (tertiary/aromatic N) is 6. The van der Waals surface area contributed by atoms with Gasteiger partial charge in [0.05, 0.1) is 41.9 Å². The van der Waals surface area contributed by atoms with E-state index in [1.165, 1.54) is 11.3 Å². The Morgan fingerprint density at radius 1 is 0.946 bits per heavy atom. The number of aryl methyl sites for hydroxylation is 2. The van der Waals surface area contributed by atoms with Gasteiger partial charge in [0.15, 0.2) is 16.6 Å². The van der Waals surface area contributed by atoms with E-state index < -0.39 is 18.4 Å². The molecular formula is C56H61N9O8S. The highest BCUT2D eigenvalue weighted by Crippen LogP contribution is 2.62. The quantitative estimate of drug-likeness (QED) is 0.0608. The number of aliphatic hydroxyl groups excluding tert-OH is 2. The van der Waals surface area contributed by atoms with Crippen LogP contribution in [0.25, 0.3) is 32.2 Å². The number of piperidine rings is 2. The predicted octanol–water partition coefficient (Wildman–Crippen LogP) is 8.08. The fourth-order valence-electron chi connectivity index (χ4n) is 12.0. The number of pyridine rings is 1. The van der Waals surface area contributed by atoms with E-state index in [1.807, 2.05) is 104 Å². The minimum atomic E-state index is -1.12. The van der Waals surface area contributed by atoms with Gasteiger partial charge in [0.2, 0.25) is 5.91 Å². The molecule has 4 unspecified atom stereocenters. The molecule has 2 saturated heterocycles. The number of likely N-dealkylation sites (tertiary alicyclic amines) is 1. The number of fused-ring (bicyclic) bond motifs is 3. The second-order valence-electron chi connectivity index (χ2n) is 20.5. The lowest BCUT2D eigenvalue weighted by Gasteiger charge is -2.38. The zero-order valence-corrected chi connectivity index (χ0v) is 42.7. The predicted molar refractivity (Wildman–Crippen MR) is 284 cm³/mol. The number of hydrogen-bond donors (Lipinski definition) is 6. The fourth-order valence-corrected chi connectivity index (χ4v) is 12.8. The Balaban J connectivity index is 0.677. The number of aromatic carboxylic acids is 1. The first-order valence-electron chi connectivity index (χ1n) is 25.5. The Hall–Kier alpha value is -6.96. The lowest BCUT2D eigenvalue weighted by atomic mass is 9.86. The molecular weight excluding hydrogens is 959 g/mol. The first kappa shape index (κ1) is 49.3. The minimum Gasteiger partial charge on any atom is -0.494 e. The van der Waals surface area contributed by atoms with Gasteiger partial charge in [-0.05, 0) is 154 Å². The van der Waals surface area contributed by atoms with Gasteiger partial charge in [-0.1, -0.05) is 41.7 Å². The second kappa shape index (κ2) is 20.0. The number of carboxylic acid groups (broad SMARTS) is 1. The van der Waals surface area contributed by atoms with Gasteiger partial charge in [-0.3, -0.25) is 29.8 Å².